The number of hydrogen-bond donors (Lipinski definition) is 1. The highest BCUT2D eigenvalue weighted by Crippen LogP contribution is 2.13. The molecule has 1 rings (SSSR count). The molecule has 0 aliphatic rings. The van der Waals surface area contributed by atoms with Crippen LogP contribution in [0.5, 0.6) is 0 Å². The van der Waals surface area contributed by atoms with Crippen LogP contribution in [0, 0.1) is 0 Å². The van der Waals surface area contributed by atoms with Crippen molar-refractivity contribution in [1.82, 2.24) is 4.90 Å². The van der Waals surface area contributed by atoms with Crippen molar-refractivity contribution in [2.45, 2.75) is 13.5 Å². The Morgan fingerprint density at radius 1 is 1.37 bits per heavy atom. The Morgan fingerprint density at radius 2 is 2.11 bits per heavy atom. The molecule has 1 aromatic rings. The maximum Gasteiger partial charge on any atom is 0.232 e. The van der Waals surface area contributed by atoms with Gasteiger partial charge in [-0.1, -0.05) is 23.7 Å². The molecule has 2 N–H and O–H groups in total. The fourth-order valence-electron chi connectivity index (χ4n) is 1.56. The van der Waals surface area contributed by atoms with Gasteiger partial charge < -0.3 is 10.6 Å². The summed E-state index contributed by atoms with van der Waals surface area (Å²) in [5, 5.41) is 0.657. The molecule has 0 aliphatic carbocycles. The number of rotatable bonds is 7. The molecule has 0 heterocycles. The molecule has 0 aliphatic heterocycles. The van der Waals surface area contributed by atoms with Crippen molar-refractivity contribution in [3.05, 3.63) is 34.9 Å². The average molecular weight is 301 g/mol. The number of nitrogens with zero attached hydrogens (tertiary/aromatic N) is 1. The topological polar surface area (TPSA) is 63.4 Å². The first-order valence-electron chi connectivity index (χ1n) is 5.91. The van der Waals surface area contributed by atoms with E-state index in [2.05, 4.69) is 0 Å². The van der Waals surface area contributed by atoms with E-state index in [9.17, 15) is 9.59 Å². The lowest BCUT2D eigenvalue weighted by molar-refractivity contribution is -0.128. The minimum atomic E-state index is -0.407. The summed E-state index contributed by atoms with van der Waals surface area (Å²) in [5.41, 5.74) is 6.02. The minimum Gasteiger partial charge on any atom is -0.369 e. The molecule has 2 amide bonds. The largest absolute Gasteiger partial charge is 0.369 e. The summed E-state index contributed by atoms with van der Waals surface area (Å²) in [6.45, 7) is 3.05. The van der Waals surface area contributed by atoms with Crippen LogP contribution >= 0.6 is 23.4 Å². The third-order valence-electron chi connectivity index (χ3n) is 2.47. The maximum absolute atomic E-state index is 12.0. The van der Waals surface area contributed by atoms with E-state index in [1.165, 1.54) is 11.8 Å². The van der Waals surface area contributed by atoms with Gasteiger partial charge in [0, 0.05) is 18.1 Å². The standard InChI is InChI=1S/C13H17ClN2O2S/c1-2-16(13(18)9-19-8-12(15)17)7-10-4-3-5-11(14)6-10/h3-6H,2,7-9H2,1H3,(H2,15,17). The summed E-state index contributed by atoms with van der Waals surface area (Å²) in [5.74, 6) is 0.0158. The van der Waals surface area contributed by atoms with E-state index in [4.69, 9.17) is 17.3 Å². The van der Waals surface area contributed by atoms with Crippen molar-refractivity contribution in [3.8, 4) is 0 Å². The number of primary amides is 1. The predicted octanol–water partition coefficient (Wildman–Crippen LogP) is 1.91. The summed E-state index contributed by atoms with van der Waals surface area (Å²) in [7, 11) is 0. The fraction of sp³-hybridized carbons (Fsp3) is 0.385. The Bertz CT molecular complexity index is 454. The second kappa shape index (κ2) is 8.07. The number of benzene rings is 1. The lowest BCUT2D eigenvalue weighted by Gasteiger charge is -2.20. The zero-order valence-corrected chi connectivity index (χ0v) is 12.3. The van der Waals surface area contributed by atoms with Crippen LogP contribution in [0.4, 0.5) is 0 Å². The molecule has 0 aromatic heterocycles. The summed E-state index contributed by atoms with van der Waals surface area (Å²) in [4.78, 5) is 24.3. The number of thioether (sulfide) groups is 1. The third kappa shape index (κ3) is 5.98. The highest BCUT2D eigenvalue weighted by molar-refractivity contribution is 8.00. The Labute approximate surface area is 122 Å². The number of amides is 2. The van der Waals surface area contributed by atoms with Crippen LogP contribution in [-0.2, 0) is 16.1 Å². The van der Waals surface area contributed by atoms with Gasteiger partial charge in [-0.25, -0.2) is 0 Å². The van der Waals surface area contributed by atoms with Gasteiger partial charge in [0.05, 0.1) is 11.5 Å². The van der Waals surface area contributed by atoms with Crippen LogP contribution in [0.25, 0.3) is 0 Å². The first-order valence-corrected chi connectivity index (χ1v) is 7.44. The second-order valence-electron chi connectivity index (χ2n) is 4.00. The number of carbonyl (C=O) groups is 2. The van der Waals surface area contributed by atoms with Gasteiger partial charge in [-0.05, 0) is 24.6 Å². The molecule has 0 fully saturated rings. The first-order chi connectivity index (χ1) is 9.02. The summed E-state index contributed by atoms with van der Waals surface area (Å²) >= 11 is 7.15. The maximum atomic E-state index is 12.0. The van der Waals surface area contributed by atoms with Gasteiger partial charge in [-0.3, -0.25) is 9.59 Å². The Balaban J connectivity index is 2.52. The Kier molecular flexibility index (Phi) is 6.73. The van der Waals surface area contributed by atoms with Crippen molar-refractivity contribution in [3.63, 3.8) is 0 Å². The molecule has 0 bridgehead atoms. The highest BCUT2D eigenvalue weighted by atomic mass is 35.5. The van der Waals surface area contributed by atoms with Crippen LogP contribution in [0.2, 0.25) is 5.02 Å². The molecule has 0 saturated carbocycles. The summed E-state index contributed by atoms with van der Waals surface area (Å²) in [6, 6.07) is 7.43. The van der Waals surface area contributed by atoms with Crippen LogP contribution in [0.3, 0.4) is 0 Å². The molecule has 4 nitrogen and oxygen atoms in total. The zero-order chi connectivity index (χ0) is 14.3. The first kappa shape index (κ1) is 15.9. The van der Waals surface area contributed by atoms with Crippen LogP contribution < -0.4 is 5.73 Å². The molecule has 0 atom stereocenters. The van der Waals surface area contributed by atoms with E-state index in [0.717, 1.165) is 5.56 Å². The molecule has 0 radical (unpaired) electrons. The zero-order valence-electron chi connectivity index (χ0n) is 10.8. The van der Waals surface area contributed by atoms with Crippen LogP contribution in [-0.4, -0.2) is 34.8 Å². The SMILES string of the molecule is CCN(Cc1cccc(Cl)c1)C(=O)CSCC(N)=O. The van der Waals surface area contributed by atoms with E-state index in [-0.39, 0.29) is 17.4 Å². The molecule has 104 valence electrons. The molecular weight excluding hydrogens is 284 g/mol. The third-order valence-corrected chi connectivity index (χ3v) is 3.64. The van der Waals surface area contributed by atoms with Gasteiger partial charge in [0.25, 0.3) is 0 Å². The van der Waals surface area contributed by atoms with Crippen LogP contribution in [0.1, 0.15) is 12.5 Å². The Hall–Kier alpha value is -1.20. The van der Waals surface area contributed by atoms with E-state index < -0.39 is 5.91 Å². The lowest BCUT2D eigenvalue weighted by atomic mass is 10.2. The molecule has 19 heavy (non-hydrogen) atoms. The summed E-state index contributed by atoms with van der Waals surface area (Å²) in [6.07, 6.45) is 0. The van der Waals surface area contributed by atoms with E-state index >= 15 is 0 Å². The van der Waals surface area contributed by atoms with Crippen molar-refractivity contribution in [2.24, 2.45) is 5.73 Å². The fourth-order valence-corrected chi connectivity index (χ4v) is 2.44. The molecule has 0 unspecified atom stereocenters. The van der Waals surface area contributed by atoms with E-state index in [1.54, 1.807) is 11.0 Å². The predicted molar refractivity (Wildman–Crippen MR) is 79.1 cm³/mol. The quantitative estimate of drug-likeness (QED) is 0.836. The normalized spacial score (nSPS) is 10.2. The van der Waals surface area contributed by atoms with Gasteiger partial charge in [0.1, 0.15) is 0 Å². The summed E-state index contributed by atoms with van der Waals surface area (Å²) < 4.78 is 0. The van der Waals surface area contributed by atoms with Crippen molar-refractivity contribution in [2.75, 3.05) is 18.1 Å². The van der Waals surface area contributed by atoms with Gasteiger partial charge >= 0.3 is 0 Å². The monoisotopic (exact) mass is 300 g/mol. The second-order valence-corrected chi connectivity index (χ2v) is 5.42. The smallest absolute Gasteiger partial charge is 0.232 e. The molecule has 6 heteroatoms. The Morgan fingerprint density at radius 3 is 2.68 bits per heavy atom. The van der Waals surface area contributed by atoms with Crippen molar-refractivity contribution >= 4 is 35.2 Å². The molecular formula is C13H17ClN2O2S. The molecule has 1 aromatic carbocycles. The molecule has 0 saturated heterocycles. The minimum absolute atomic E-state index is 0.00581. The van der Waals surface area contributed by atoms with Gasteiger partial charge in [0.2, 0.25) is 11.8 Å². The van der Waals surface area contributed by atoms with Gasteiger partial charge in [-0.15, -0.1) is 11.8 Å². The number of halogens is 1. The average Bonchev–Trinajstić information content (AvgIpc) is 2.35. The van der Waals surface area contributed by atoms with Gasteiger partial charge in [0.15, 0.2) is 0 Å². The highest BCUT2D eigenvalue weighted by Gasteiger charge is 2.12. The van der Waals surface area contributed by atoms with E-state index in [1.807, 2.05) is 25.1 Å². The molecule has 0 spiro atoms. The van der Waals surface area contributed by atoms with Crippen molar-refractivity contribution < 1.29 is 9.59 Å². The van der Waals surface area contributed by atoms with E-state index in [0.29, 0.717) is 18.1 Å². The number of nitrogens with two attached hydrogens (primary N) is 1. The van der Waals surface area contributed by atoms with Crippen molar-refractivity contribution in [1.29, 1.82) is 0 Å². The van der Waals surface area contributed by atoms with Gasteiger partial charge in [-0.2, -0.15) is 0 Å². The lowest BCUT2D eigenvalue weighted by Crippen LogP contribution is -2.32. The number of carbonyl (C=O) groups excluding carboxylic acids is 2. The number of hydrogen-bond acceptors (Lipinski definition) is 3. The van der Waals surface area contributed by atoms with Crippen LogP contribution in [0.15, 0.2) is 24.3 Å².